The largest absolute Gasteiger partial charge is 0.481 e. The van der Waals surface area contributed by atoms with Gasteiger partial charge in [-0.05, 0) is 31.9 Å². The lowest BCUT2D eigenvalue weighted by atomic mass is 9.79. The first kappa shape index (κ1) is 10.3. The molecule has 0 amide bonds. The number of carboxylic acid groups (broad SMARTS) is 1. The predicted molar refractivity (Wildman–Crippen MR) is 63.9 cm³/mol. The van der Waals surface area contributed by atoms with E-state index in [-0.39, 0.29) is 12.0 Å². The van der Waals surface area contributed by atoms with Gasteiger partial charge in [-0.25, -0.2) is 4.98 Å². The van der Waals surface area contributed by atoms with Gasteiger partial charge < -0.3 is 9.67 Å². The normalized spacial score (nSPS) is 23.6. The molecule has 2 unspecified atom stereocenters. The average molecular weight is 230 g/mol. The Hall–Kier alpha value is -1.84. The maximum absolute atomic E-state index is 11.1. The lowest BCUT2D eigenvalue weighted by molar-refractivity contribution is -0.147. The van der Waals surface area contributed by atoms with Crippen LogP contribution in [0.25, 0.3) is 11.0 Å². The van der Waals surface area contributed by atoms with Crippen LogP contribution in [-0.4, -0.2) is 20.6 Å². The molecule has 4 heteroatoms. The van der Waals surface area contributed by atoms with Crippen molar-refractivity contribution < 1.29 is 9.90 Å². The minimum Gasteiger partial charge on any atom is -0.481 e. The van der Waals surface area contributed by atoms with Crippen LogP contribution in [0.4, 0.5) is 0 Å². The van der Waals surface area contributed by atoms with Gasteiger partial charge in [0.25, 0.3) is 0 Å². The first-order valence-corrected chi connectivity index (χ1v) is 5.85. The van der Waals surface area contributed by atoms with Gasteiger partial charge in [-0.2, -0.15) is 0 Å². The summed E-state index contributed by atoms with van der Waals surface area (Å²) in [7, 11) is 0. The van der Waals surface area contributed by atoms with Gasteiger partial charge >= 0.3 is 5.97 Å². The molecule has 0 aliphatic heterocycles. The van der Waals surface area contributed by atoms with E-state index in [1.165, 1.54) is 0 Å². The monoisotopic (exact) mass is 230 g/mol. The molecule has 1 aromatic carbocycles. The van der Waals surface area contributed by atoms with Crippen LogP contribution in [0.3, 0.4) is 0 Å². The number of carboxylic acids is 1. The fourth-order valence-corrected chi connectivity index (χ4v) is 2.66. The summed E-state index contributed by atoms with van der Waals surface area (Å²) < 4.78 is 2.08. The molecule has 1 fully saturated rings. The highest BCUT2D eigenvalue weighted by atomic mass is 16.4. The van der Waals surface area contributed by atoms with Gasteiger partial charge in [0.05, 0.1) is 17.0 Å². The average Bonchev–Trinajstić information content (AvgIpc) is 2.54. The summed E-state index contributed by atoms with van der Waals surface area (Å²) in [5.74, 6) is -0.0492. The number of para-hydroxylation sites is 2. The zero-order valence-electron chi connectivity index (χ0n) is 9.63. The van der Waals surface area contributed by atoms with E-state index in [1.807, 2.05) is 31.2 Å². The molecule has 1 heterocycles. The quantitative estimate of drug-likeness (QED) is 0.861. The fourth-order valence-electron chi connectivity index (χ4n) is 2.66. The number of imidazole rings is 1. The van der Waals surface area contributed by atoms with Crippen LogP contribution >= 0.6 is 0 Å². The van der Waals surface area contributed by atoms with Crippen LogP contribution in [0.1, 0.15) is 24.7 Å². The van der Waals surface area contributed by atoms with Crippen LogP contribution in [0.2, 0.25) is 0 Å². The minimum atomic E-state index is -0.696. The maximum atomic E-state index is 11.1. The smallest absolute Gasteiger partial charge is 0.308 e. The summed E-state index contributed by atoms with van der Waals surface area (Å²) >= 11 is 0. The van der Waals surface area contributed by atoms with Gasteiger partial charge in [0, 0.05) is 6.04 Å². The molecular weight excluding hydrogens is 216 g/mol. The van der Waals surface area contributed by atoms with E-state index in [9.17, 15) is 4.79 Å². The van der Waals surface area contributed by atoms with E-state index < -0.39 is 5.97 Å². The third kappa shape index (κ3) is 1.44. The molecule has 3 rings (SSSR count). The minimum absolute atomic E-state index is 0.0694. The predicted octanol–water partition coefficient (Wildman–Crippen LogP) is 2.38. The van der Waals surface area contributed by atoms with Crippen molar-refractivity contribution in [2.45, 2.75) is 25.8 Å². The van der Waals surface area contributed by atoms with E-state index in [2.05, 4.69) is 9.55 Å². The van der Waals surface area contributed by atoms with Crippen LogP contribution in [0, 0.1) is 12.8 Å². The van der Waals surface area contributed by atoms with Gasteiger partial charge in [0.2, 0.25) is 0 Å². The Labute approximate surface area is 98.9 Å². The highest BCUT2D eigenvalue weighted by molar-refractivity contribution is 5.77. The summed E-state index contributed by atoms with van der Waals surface area (Å²) in [6.07, 6.45) is 1.70. The zero-order valence-corrected chi connectivity index (χ0v) is 9.63. The first-order chi connectivity index (χ1) is 8.18. The van der Waals surface area contributed by atoms with Crippen molar-refractivity contribution in [1.29, 1.82) is 0 Å². The molecule has 1 aliphatic rings. The molecule has 0 radical (unpaired) electrons. The first-order valence-electron chi connectivity index (χ1n) is 5.85. The van der Waals surface area contributed by atoms with Crippen molar-refractivity contribution in [2.75, 3.05) is 0 Å². The molecule has 88 valence electrons. The molecule has 0 saturated heterocycles. The summed E-state index contributed by atoms with van der Waals surface area (Å²) in [6, 6.07) is 7.96. The molecule has 1 aliphatic carbocycles. The Morgan fingerprint density at radius 1 is 1.41 bits per heavy atom. The van der Waals surface area contributed by atoms with Crippen LogP contribution < -0.4 is 0 Å². The third-order valence-electron chi connectivity index (χ3n) is 3.66. The molecule has 2 aromatic rings. The lowest BCUT2D eigenvalue weighted by Gasteiger charge is -2.35. The number of aryl methyl sites for hydroxylation is 1. The highest BCUT2D eigenvalue weighted by Gasteiger charge is 2.39. The fraction of sp³-hybridized carbons (Fsp3) is 0.385. The number of benzene rings is 1. The summed E-state index contributed by atoms with van der Waals surface area (Å²) in [5, 5.41) is 9.13. The Morgan fingerprint density at radius 2 is 2.18 bits per heavy atom. The maximum Gasteiger partial charge on any atom is 0.308 e. The third-order valence-corrected chi connectivity index (χ3v) is 3.66. The van der Waals surface area contributed by atoms with Crippen molar-refractivity contribution >= 4 is 17.0 Å². The van der Waals surface area contributed by atoms with Crippen molar-refractivity contribution in [3.63, 3.8) is 0 Å². The van der Waals surface area contributed by atoms with E-state index in [1.54, 1.807) is 0 Å². The van der Waals surface area contributed by atoms with Gasteiger partial charge in [-0.3, -0.25) is 4.79 Å². The standard InChI is InChI=1S/C13H14N2O2/c1-8-14-10-4-2-3-5-12(10)15(8)11-7-6-9(11)13(16)17/h2-5,9,11H,6-7H2,1H3,(H,16,17). The van der Waals surface area contributed by atoms with Gasteiger partial charge in [-0.1, -0.05) is 12.1 Å². The van der Waals surface area contributed by atoms with Crippen molar-refractivity contribution in [3.8, 4) is 0 Å². The number of fused-ring (bicyclic) bond motifs is 1. The second-order valence-corrected chi connectivity index (χ2v) is 4.61. The number of aromatic nitrogens is 2. The molecule has 1 N–H and O–H groups in total. The molecule has 17 heavy (non-hydrogen) atoms. The molecule has 0 bridgehead atoms. The Bertz CT molecular complexity index is 588. The van der Waals surface area contributed by atoms with Crippen LogP contribution in [0.5, 0.6) is 0 Å². The number of rotatable bonds is 2. The molecule has 1 saturated carbocycles. The van der Waals surface area contributed by atoms with Crippen molar-refractivity contribution in [1.82, 2.24) is 9.55 Å². The zero-order chi connectivity index (χ0) is 12.0. The van der Waals surface area contributed by atoms with E-state index in [0.29, 0.717) is 0 Å². The topological polar surface area (TPSA) is 55.1 Å². The highest BCUT2D eigenvalue weighted by Crippen LogP contribution is 2.41. The van der Waals surface area contributed by atoms with E-state index >= 15 is 0 Å². The number of hydrogen-bond donors (Lipinski definition) is 1. The number of carbonyl (C=O) groups is 1. The molecular formula is C13H14N2O2. The number of aliphatic carboxylic acids is 1. The van der Waals surface area contributed by atoms with Gasteiger partial charge in [0.15, 0.2) is 0 Å². The molecule has 0 spiro atoms. The second kappa shape index (κ2) is 3.58. The number of hydrogen-bond acceptors (Lipinski definition) is 2. The second-order valence-electron chi connectivity index (χ2n) is 4.61. The molecule has 2 atom stereocenters. The van der Waals surface area contributed by atoms with Crippen LogP contribution in [0.15, 0.2) is 24.3 Å². The van der Waals surface area contributed by atoms with E-state index in [4.69, 9.17) is 5.11 Å². The van der Waals surface area contributed by atoms with Crippen LogP contribution in [-0.2, 0) is 4.79 Å². The van der Waals surface area contributed by atoms with Gasteiger partial charge in [-0.15, -0.1) is 0 Å². The Kier molecular flexibility index (Phi) is 2.18. The lowest BCUT2D eigenvalue weighted by Crippen LogP contribution is -2.35. The number of nitrogens with zero attached hydrogens (tertiary/aromatic N) is 2. The summed E-state index contributed by atoms with van der Waals surface area (Å²) in [5.41, 5.74) is 1.99. The molecule has 4 nitrogen and oxygen atoms in total. The summed E-state index contributed by atoms with van der Waals surface area (Å²) in [6.45, 7) is 1.94. The molecule has 1 aromatic heterocycles. The van der Waals surface area contributed by atoms with E-state index in [0.717, 1.165) is 29.7 Å². The SMILES string of the molecule is Cc1nc2ccccc2n1C1CCC1C(=O)O. The Morgan fingerprint density at radius 3 is 2.82 bits per heavy atom. The van der Waals surface area contributed by atoms with Crippen molar-refractivity contribution in [2.24, 2.45) is 5.92 Å². The van der Waals surface area contributed by atoms with Gasteiger partial charge in [0.1, 0.15) is 5.82 Å². The Balaban J connectivity index is 2.11. The van der Waals surface area contributed by atoms with Crippen molar-refractivity contribution in [3.05, 3.63) is 30.1 Å². The summed E-state index contributed by atoms with van der Waals surface area (Å²) in [4.78, 5) is 15.6.